The smallest absolute Gasteiger partial charge is 0.236 e. The third-order valence-corrected chi connectivity index (χ3v) is 3.25. The van der Waals surface area contributed by atoms with Crippen LogP contribution in [0.25, 0.3) is 0 Å². The Morgan fingerprint density at radius 2 is 2.28 bits per heavy atom. The molecule has 2 heterocycles. The second kappa shape index (κ2) is 5.30. The monoisotopic (exact) mass is 249 g/mol. The Labute approximate surface area is 107 Å². The third kappa shape index (κ3) is 2.76. The van der Waals surface area contributed by atoms with Crippen LogP contribution in [0.15, 0.2) is 12.1 Å². The van der Waals surface area contributed by atoms with Crippen molar-refractivity contribution in [2.24, 2.45) is 0 Å². The van der Waals surface area contributed by atoms with E-state index in [4.69, 9.17) is 5.73 Å². The van der Waals surface area contributed by atoms with Crippen molar-refractivity contribution in [3.63, 3.8) is 0 Å². The lowest BCUT2D eigenvalue weighted by Gasteiger charge is -2.24. The van der Waals surface area contributed by atoms with E-state index in [1.165, 1.54) is 0 Å². The van der Waals surface area contributed by atoms with Crippen LogP contribution in [0.1, 0.15) is 24.6 Å². The predicted molar refractivity (Wildman–Crippen MR) is 68.7 cm³/mol. The predicted octanol–water partition coefficient (Wildman–Crippen LogP) is 0.284. The molecule has 1 amide bonds. The molecule has 6 heteroatoms. The number of anilines is 1. The minimum Gasteiger partial charge on any atom is -0.382 e. The van der Waals surface area contributed by atoms with Gasteiger partial charge in [-0.05, 0) is 31.5 Å². The molecule has 0 spiro atoms. The maximum absolute atomic E-state index is 11.8. The van der Waals surface area contributed by atoms with Crippen LogP contribution in [-0.2, 0) is 4.79 Å². The minimum absolute atomic E-state index is 0.116. The van der Waals surface area contributed by atoms with Gasteiger partial charge < -0.3 is 10.6 Å². The third-order valence-electron chi connectivity index (χ3n) is 3.25. The van der Waals surface area contributed by atoms with E-state index >= 15 is 0 Å². The number of hydrogen-bond acceptors (Lipinski definition) is 5. The van der Waals surface area contributed by atoms with Crippen LogP contribution < -0.4 is 5.73 Å². The van der Waals surface area contributed by atoms with E-state index in [-0.39, 0.29) is 11.9 Å². The fourth-order valence-corrected chi connectivity index (χ4v) is 2.20. The quantitative estimate of drug-likeness (QED) is 0.833. The molecule has 0 radical (unpaired) electrons. The Morgan fingerprint density at radius 3 is 2.89 bits per heavy atom. The number of amides is 1. The van der Waals surface area contributed by atoms with Crippen molar-refractivity contribution in [1.29, 1.82) is 0 Å². The highest BCUT2D eigenvalue weighted by atomic mass is 16.2. The summed E-state index contributed by atoms with van der Waals surface area (Å²) in [5.74, 6) is 0.540. The molecule has 1 aromatic rings. The number of hydrogen-bond donors (Lipinski definition) is 1. The Bertz CT molecular complexity index is 417. The van der Waals surface area contributed by atoms with Crippen LogP contribution in [0, 0.1) is 0 Å². The van der Waals surface area contributed by atoms with Crippen molar-refractivity contribution in [3.05, 3.63) is 17.8 Å². The summed E-state index contributed by atoms with van der Waals surface area (Å²) >= 11 is 0. The molecule has 2 rings (SSSR count). The minimum atomic E-state index is 0.116. The average Bonchev–Trinajstić information content (AvgIpc) is 2.78. The van der Waals surface area contributed by atoms with Gasteiger partial charge in [0.25, 0.3) is 0 Å². The van der Waals surface area contributed by atoms with Gasteiger partial charge in [0, 0.05) is 14.1 Å². The fourth-order valence-electron chi connectivity index (χ4n) is 2.20. The van der Waals surface area contributed by atoms with Gasteiger partial charge in [0.1, 0.15) is 5.82 Å². The molecular weight excluding hydrogens is 230 g/mol. The molecule has 18 heavy (non-hydrogen) atoms. The maximum Gasteiger partial charge on any atom is 0.236 e. The summed E-state index contributed by atoms with van der Waals surface area (Å²) in [4.78, 5) is 15.5. The van der Waals surface area contributed by atoms with Crippen LogP contribution in [0.5, 0.6) is 0 Å². The molecule has 1 aromatic heterocycles. The summed E-state index contributed by atoms with van der Waals surface area (Å²) in [5, 5.41) is 8.00. The second-order valence-electron chi connectivity index (χ2n) is 4.80. The van der Waals surface area contributed by atoms with Gasteiger partial charge >= 0.3 is 0 Å². The Balaban J connectivity index is 2.07. The van der Waals surface area contributed by atoms with E-state index in [0.717, 1.165) is 25.1 Å². The molecule has 1 aliphatic rings. The van der Waals surface area contributed by atoms with Crippen molar-refractivity contribution in [3.8, 4) is 0 Å². The second-order valence-corrected chi connectivity index (χ2v) is 4.80. The van der Waals surface area contributed by atoms with Gasteiger partial charge in [0.2, 0.25) is 5.91 Å². The van der Waals surface area contributed by atoms with E-state index in [9.17, 15) is 4.79 Å². The van der Waals surface area contributed by atoms with Gasteiger partial charge in [-0.3, -0.25) is 9.69 Å². The summed E-state index contributed by atoms with van der Waals surface area (Å²) < 4.78 is 0. The number of likely N-dealkylation sites (N-methyl/N-ethyl adjacent to an activating group) is 1. The van der Waals surface area contributed by atoms with Crippen LogP contribution in [0.2, 0.25) is 0 Å². The highest BCUT2D eigenvalue weighted by Crippen LogP contribution is 2.30. The standard InChI is InChI=1S/C12H19N5O/c1-16(2)12(18)8-17-7-3-4-10(17)9-5-6-11(13)15-14-9/h5-6,10H,3-4,7-8H2,1-2H3,(H2,13,15). The lowest BCUT2D eigenvalue weighted by atomic mass is 10.1. The average molecular weight is 249 g/mol. The Morgan fingerprint density at radius 1 is 1.50 bits per heavy atom. The van der Waals surface area contributed by atoms with Crippen LogP contribution in [0.4, 0.5) is 5.82 Å². The molecule has 1 fully saturated rings. The van der Waals surface area contributed by atoms with Crippen molar-refractivity contribution in [2.45, 2.75) is 18.9 Å². The largest absolute Gasteiger partial charge is 0.382 e. The van der Waals surface area contributed by atoms with Crippen LogP contribution in [-0.4, -0.2) is 53.1 Å². The zero-order valence-corrected chi connectivity index (χ0v) is 10.8. The lowest BCUT2D eigenvalue weighted by molar-refractivity contribution is -0.130. The number of nitrogens with zero attached hydrogens (tertiary/aromatic N) is 4. The van der Waals surface area contributed by atoms with Gasteiger partial charge in [0.15, 0.2) is 0 Å². The molecular formula is C12H19N5O. The highest BCUT2D eigenvalue weighted by Gasteiger charge is 2.29. The number of carbonyl (C=O) groups excluding carboxylic acids is 1. The maximum atomic E-state index is 11.8. The fraction of sp³-hybridized carbons (Fsp3) is 0.583. The molecule has 0 saturated carbocycles. The van der Waals surface area contributed by atoms with E-state index in [2.05, 4.69) is 15.1 Å². The van der Waals surface area contributed by atoms with Gasteiger partial charge in [-0.15, -0.1) is 5.10 Å². The summed E-state index contributed by atoms with van der Waals surface area (Å²) in [6, 6.07) is 3.83. The van der Waals surface area contributed by atoms with E-state index in [1.54, 1.807) is 25.1 Å². The highest BCUT2D eigenvalue weighted by molar-refractivity contribution is 5.77. The topological polar surface area (TPSA) is 75.4 Å². The molecule has 0 bridgehead atoms. The van der Waals surface area contributed by atoms with E-state index in [0.29, 0.717) is 12.4 Å². The van der Waals surface area contributed by atoms with Gasteiger partial charge in [-0.25, -0.2) is 0 Å². The SMILES string of the molecule is CN(C)C(=O)CN1CCCC1c1ccc(N)nn1. The summed E-state index contributed by atoms with van der Waals surface area (Å²) in [5.41, 5.74) is 6.43. The van der Waals surface area contributed by atoms with E-state index in [1.807, 2.05) is 6.07 Å². The zero-order chi connectivity index (χ0) is 13.1. The molecule has 98 valence electrons. The van der Waals surface area contributed by atoms with Gasteiger partial charge in [-0.2, -0.15) is 5.10 Å². The molecule has 1 atom stereocenters. The van der Waals surface area contributed by atoms with Crippen molar-refractivity contribution >= 4 is 11.7 Å². The number of nitrogens with two attached hydrogens (primary N) is 1. The van der Waals surface area contributed by atoms with Crippen molar-refractivity contribution in [2.75, 3.05) is 32.9 Å². The molecule has 1 aliphatic heterocycles. The Kier molecular flexibility index (Phi) is 3.76. The summed E-state index contributed by atoms with van der Waals surface area (Å²) in [7, 11) is 3.55. The van der Waals surface area contributed by atoms with Gasteiger partial charge in [0.05, 0.1) is 18.3 Å². The first-order chi connectivity index (χ1) is 8.58. The number of aromatic nitrogens is 2. The Hall–Kier alpha value is -1.69. The normalized spacial score (nSPS) is 20.0. The lowest BCUT2D eigenvalue weighted by Crippen LogP contribution is -2.36. The molecule has 0 aromatic carbocycles. The number of carbonyl (C=O) groups is 1. The number of nitrogen functional groups attached to an aromatic ring is 1. The zero-order valence-electron chi connectivity index (χ0n) is 10.8. The molecule has 2 N–H and O–H groups in total. The molecule has 6 nitrogen and oxygen atoms in total. The first kappa shape index (κ1) is 12.8. The summed E-state index contributed by atoms with van der Waals surface area (Å²) in [6.07, 6.45) is 2.09. The molecule has 1 saturated heterocycles. The molecule has 0 aliphatic carbocycles. The molecule has 1 unspecified atom stereocenters. The van der Waals surface area contributed by atoms with Crippen LogP contribution in [0.3, 0.4) is 0 Å². The first-order valence-electron chi connectivity index (χ1n) is 6.11. The first-order valence-corrected chi connectivity index (χ1v) is 6.11. The van der Waals surface area contributed by atoms with Crippen molar-refractivity contribution in [1.82, 2.24) is 20.0 Å². The number of likely N-dealkylation sites (tertiary alicyclic amines) is 1. The van der Waals surface area contributed by atoms with E-state index < -0.39 is 0 Å². The van der Waals surface area contributed by atoms with Crippen LogP contribution >= 0.6 is 0 Å². The number of rotatable bonds is 3. The summed E-state index contributed by atoms with van der Waals surface area (Å²) in [6.45, 7) is 1.36. The van der Waals surface area contributed by atoms with Crippen molar-refractivity contribution < 1.29 is 4.79 Å². The van der Waals surface area contributed by atoms with Gasteiger partial charge in [-0.1, -0.05) is 0 Å².